The standard InChI is InChI=1S/C16H19N3O3/c1-3-17-16(22)19-14-8-12-11(6-7-15(20)21)5-4-10(2)13(12)9-18-14/h4-5,8-9H,3,6-7H2,1-2H3,(H,20,21)(H2,17,18,19,22). The number of urea groups is 1. The maximum atomic E-state index is 11.6. The number of anilines is 1. The van der Waals surface area contributed by atoms with E-state index in [2.05, 4.69) is 15.6 Å². The molecule has 0 aliphatic heterocycles. The zero-order valence-electron chi connectivity index (χ0n) is 12.6. The Morgan fingerprint density at radius 3 is 2.73 bits per heavy atom. The van der Waals surface area contributed by atoms with E-state index in [0.29, 0.717) is 18.8 Å². The molecule has 6 heteroatoms. The van der Waals surface area contributed by atoms with Crippen LogP contribution in [0.25, 0.3) is 10.8 Å². The second kappa shape index (κ2) is 6.89. The number of nitrogens with zero attached hydrogens (tertiary/aromatic N) is 1. The van der Waals surface area contributed by atoms with Crippen molar-refractivity contribution in [3.05, 3.63) is 35.5 Å². The summed E-state index contributed by atoms with van der Waals surface area (Å²) >= 11 is 0. The third-order valence-electron chi connectivity index (χ3n) is 3.40. The van der Waals surface area contributed by atoms with Gasteiger partial charge in [-0.1, -0.05) is 12.1 Å². The van der Waals surface area contributed by atoms with Crippen LogP contribution in [0.3, 0.4) is 0 Å². The van der Waals surface area contributed by atoms with Crippen molar-refractivity contribution >= 4 is 28.6 Å². The summed E-state index contributed by atoms with van der Waals surface area (Å²) in [6.45, 7) is 4.34. The largest absolute Gasteiger partial charge is 0.481 e. The molecule has 2 amide bonds. The minimum atomic E-state index is -0.830. The van der Waals surface area contributed by atoms with Crippen LogP contribution >= 0.6 is 0 Å². The summed E-state index contributed by atoms with van der Waals surface area (Å²) in [4.78, 5) is 26.6. The predicted octanol–water partition coefficient (Wildman–Crippen LogP) is 2.70. The first kappa shape index (κ1) is 15.8. The fraction of sp³-hybridized carbons (Fsp3) is 0.312. The molecule has 0 bridgehead atoms. The number of aromatic nitrogens is 1. The Bertz CT molecular complexity index is 713. The smallest absolute Gasteiger partial charge is 0.320 e. The van der Waals surface area contributed by atoms with Gasteiger partial charge in [0.15, 0.2) is 0 Å². The number of carbonyl (C=O) groups is 2. The lowest BCUT2D eigenvalue weighted by molar-refractivity contribution is -0.136. The molecular formula is C16H19N3O3. The van der Waals surface area contributed by atoms with Gasteiger partial charge in [0, 0.05) is 24.5 Å². The summed E-state index contributed by atoms with van der Waals surface area (Å²) in [5.41, 5.74) is 2.00. The molecule has 3 N–H and O–H groups in total. The first-order valence-electron chi connectivity index (χ1n) is 7.16. The molecule has 2 aromatic rings. The van der Waals surface area contributed by atoms with Gasteiger partial charge >= 0.3 is 12.0 Å². The van der Waals surface area contributed by atoms with Crippen molar-refractivity contribution in [2.45, 2.75) is 26.7 Å². The van der Waals surface area contributed by atoms with Crippen LogP contribution in [0.5, 0.6) is 0 Å². The quantitative estimate of drug-likeness (QED) is 0.792. The SMILES string of the molecule is CCNC(=O)Nc1cc2c(CCC(=O)O)ccc(C)c2cn1. The number of hydrogen-bond donors (Lipinski definition) is 3. The highest BCUT2D eigenvalue weighted by Crippen LogP contribution is 2.25. The molecule has 0 aliphatic rings. The lowest BCUT2D eigenvalue weighted by atomic mass is 9.99. The van der Waals surface area contributed by atoms with Gasteiger partial charge in [-0.15, -0.1) is 0 Å². The van der Waals surface area contributed by atoms with Crippen LogP contribution in [0.4, 0.5) is 10.6 Å². The van der Waals surface area contributed by atoms with E-state index in [9.17, 15) is 9.59 Å². The van der Waals surface area contributed by atoms with E-state index in [1.165, 1.54) is 0 Å². The van der Waals surface area contributed by atoms with Gasteiger partial charge < -0.3 is 10.4 Å². The van der Waals surface area contributed by atoms with Gasteiger partial charge in [0.25, 0.3) is 0 Å². The molecule has 0 saturated carbocycles. The van der Waals surface area contributed by atoms with Gasteiger partial charge in [-0.25, -0.2) is 9.78 Å². The van der Waals surface area contributed by atoms with Gasteiger partial charge in [0.05, 0.1) is 0 Å². The second-order valence-electron chi connectivity index (χ2n) is 5.03. The van der Waals surface area contributed by atoms with Crippen molar-refractivity contribution in [3.8, 4) is 0 Å². The molecule has 2 rings (SSSR count). The van der Waals surface area contributed by atoms with E-state index >= 15 is 0 Å². The van der Waals surface area contributed by atoms with Gasteiger partial charge in [-0.05, 0) is 42.8 Å². The average molecular weight is 301 g/mol. The molecule has 22 heavy (non-hydrogen) atoms. The minimum Gasteiger partial charge on any atom is -0.481 e. The molecule has 0 radical (unpaired) electrons. The Morgan fingerprint density at radius 1 is 1.27 bits per heavy atom. The number of pyridine rings is 1. The van der Waals surface area contributed by atoms with E-state index in [1.807, 2.05) is 26.0 Å². The summed E-state index contributed by atoms with van der Waals surface area (Å²) in [6, 6.07) is 5.36. The van der Waals surface area contributed by atoms with Crippen LogP contribution in [0.1, 0.15) is 24.5 Å². The van der Waals surface area contributed by atoms with Crippen molar-refractivity contribution in [2.24, 2.45) is 0 Å². The normalized spacial score (nSPS) is 10.5. The van der Waals surface area contributed by atoms with E-state index in [0.717, 1.165) is 21.9 Å². The first-order valence-corrected chi connectivity index (χ1v) is 7.16. The number of carbonyl (C=O) groups excluding carboxylic acids is 1. The van der Waals surface area contributed by atoms with Gasteiger partial charge in [-0.2, -0.15) is 0 Å². The summed E-state index contributed by atoms with van der Waals surface area (Å²) in [5, 5.41) is 16.0. The zero-order valence-corrected chi connectivity index (χ0v) is 12.6. The highest BCUT2D eigenvalue weighted by atomic mass is 16.4. The number of amides is 2. The number of nitrogens with one attached hydrogen (secondary N) is 2. The van der Waals surface area contributed by atoms with Crippen LogP contribution in [0.15, 0.2) is 24.4 Å². The van der Waals surface area contributed by atoms with E-state index in [1.54, 1.807) is 12.3 Å². The molecule has 6 nitrogen and oxygen atoms in total. The number of carboxylic acids is 1. The summed E-state index contributed by atoms with van der Waals surface area (Å²) in [6.07, 6.45) is 2.22. The topological polar surface area (TPSA) is 91.3 Å². The average Bonchev–Trinajstić information content (AvgIpc) is 2.46. The van der Waals surface area contributed by atoms with Crippen molar-refractivity contribution in [2.75, 3.05) is 11.9 Å². The lowest BCUT2D eigenvalue weighted by Gasteiger charge is -2.11. The molecule has 1 aromatic heterocycles. The Hall–Kier alpha value is -2.63. The Balaban J connectivity index is 2.37. The maximum Gasteiger partial charge on any atom is 0.320 e. The van der Waals surface area contributed by atoms with Crippen molar-refractivity contribution in [1.82, 2.24) is 10.3 Å². The summed E-state index contributed by atoms with van der Waals surface area (Å²) in [5.74, 6) is -0.385. The van der Waals surface area contributed by atoms with Gasteiger partial charge in [-0.3, -0.25) is 10.1 Å². The molecule has 1 aromatic carbocycles. The van der Waals surface area contributed by atoms with Crippen LogP contribution in [-0.2, 0) is 11.2 Å². The highest BCUT2D eigenvalue weighted by Gasteiger charge is 2.09. The van der Waals surface area contributed by atoms with Crippen molar-refractivity contribution in [1.29, 1.82) is 0 Å². The summed E-state index contributed by atoms with van der Waals surface area (Å²) < 4.78 is 0. The fourth-order valence-electron chi connectivity index (χ4n) is 2.29. The van der Waals surface area contributed by atoms with Crippen LogP contribution in [-0.4, -0.2) is 28.6 Å². The predicted molar refractivity (Wildman–Crippen MR) is 85.1 cm³/mol. The third kappa shape index (κ3) is 3.72. The highest BCUT2D eigenvalue weighted by molar-refractivity contribution is 5.94. The molecule has 0 fully saturated rings. The molecule has 116 valence electrons. The number of fused-ring (bicyclic) bond motifs is 1. The van der Waals surface area contributed by atoms with Crippen LogP contribution < -0.4 is 10.6 Å². The number of rotatable bonds is 5. The van der Waals surface area contributed by atoms with Crippen LogP contribution in [0, 0.1) is 6.92 Å². The molecule has 0 saturated heterocycles. The van der Waals surface area contributed by atoms with E-state index < -0.39 is 5.97 Å². The van der Waals surface area contributed by atoms with Crippen molar-refractivity contribution in [3.63, 3.8) is 0 Å². The lowest BCUT2D eigenvalue weighted by Crippen LogP contribution is -2.28. The molecule has 0 unspecified atom stereocenters. The number of benzene rings is 1. The second-order valence-corrected chi connectivity index (χ2v) is 5.03. The van der Waals surface area contributed by atoms with Gasteiger partial charge in [0.2, 0.25) is 0 Å². The molecule has 1 heterocycles. The molecule has 0 aliphatic carbocycles. The number of aliphatic carboxylic acids is 1. The summed E-state index contributed by atoms with van der Waals surface area (Å²) in [7, 11) is 0. The Kier molecular flexibility index (Phi) is 4.93. The molecule has 0 spiro atoms. The zero-order chi connectivity index (χ0) is 16.1. The first-order chi connectivity index (χ1) is 10.5. The molecular weight excluding hydrogens is 282 g/mol. The Morgan fingerprint density at radius 2 is 2.05 bits per heavy atom. The minimum absolute atomic E-state index is 0.0690. The number of carboxylic acid groups (broad SMARTS) is 1. The molecule has 0 atom stereocenters. The van der Waals surface area contributed by atoms with E-state index in [4.69, 9.17) is 5.11 Å². The number of hydrogen-bond acceptors (Lipinski definition) is 3. The van der Waals surface area contributed by atoms with Crippen LogP contribution in [0.2, 0.25) is 0 Å². The monoisotopic (exact) mass is 301 g/mol. The number of aryl methyl sites for hydroxylation is 2. The van der Waals surface area contributed by atoms with E-state index in [-0.39, 0.29) is 12.5 Å². The fourth-order valence-corrected chi connectivity index (χ4v) is 2.29. The third-order valence-corrected chi connectivity index (χ3v) is 3.40. The maximum absolute atomic E-state index is 11.6. The Labute approximate surface area is 128 Å². The van der Waals surface area contributed by atoms with Gasteiger partial charge in [0.1, 0.15) is 5.82 Å². The van der Waals surface area contributed by atoms with Crippen molar-refractivity contribution < 1.29 is 14.7 Å².